The maximum absolute atomic E-state index is 11.8. The van der Waals surface area contributed by atoms with Crippen LogP contribution in [0.15, 0.2) is 30.3 Å². The van der Waals surface area contributed by atoms with E-state index in [2.05, 4.69) is 19.1 Å². The molecule has 0 aliphatic carbocycles. The summed E-state index contributed by atoms with van der Waals surface area (Å²) in [5.41, 5.74) is 1.25. The normalized spacial score (nSPS) is 11.9. The van der Waals surface area contributed by atoms with Gasteiger partial charge in [-0.2, -0.15) is 0 Å². The Morgan fingerprint density at radius 2 is 1.77 bits per heavy atom. The van der Waals surface area contributed by atoms with Crippen LogP contribution in [0.5, 0.6) is 0 Å². The molecule has 122 valence electrons. The van der Waals surface area contributed by atoms with Crippen LogP contribution in [-0.4, -0.2) is 23.1 Å². The highest BCUT2D eigenvalue weighted by Gasteiger charge is 2.13. The van der Waals surface area contributed by atoms with Gasteiger partial charge in [-0.25, -0.2) is 0 Å². The third-order valence-corrected chi connectivity index (χ3v) is 3.53. The van der Waals surface area contributed by atoms with Gasteiger partial charge >= 0.3 is 11.9 Å². The molecule has 0 bridgehead atoms. The minimum Gasteiger partial charge on any atom is -0.481 e. The van der Waals surface area contributed by atoms with E-state index in [9.17, 15) is 9.59 Å². The molecule has 22 heavy (non-hydrogen) atoms. The van der Waals surface area contributed by atoms with E-state index >= 15 is 0 Å². The van der Waals surface area contributed by atoms with Gasteiger partial charge in [-0.1, -0.05) is 43.7 Å². The predicted octanol–water partition coefficient (Wildman–Crippen LogP) is 3.98. The minimum atomic E-state index is -0.819. The van der Waals surface area contributed by atoms with Crippen LogP contribution in [-0.2, 0) is 20.7 Å². The van der Waals surface area contributed by atoms with Crippen molar-refractivity contribution in [3.8, 4) is 0 Å². The van der Waals surface area contributed by atoms with Gasteiger partial charge in [0.2, 0.25) is 0 Å². The molecular formula is C18H26O4. The third kappa shape index (κ3) is 8.45. The molecule has 1 N–H and O–H groups in total. The molecule has 0 saturated heterocycles. The van der Waals surface area contributed by atoms with Gasteiger partial charge in [0, 0.05) is 12.8 Å². The molecule has 4 nitrogen and oxygen atoms in total. The molecular weight excluding hydrogens is 280 g/mol. The largest absolute Gasteiger partial charge is 0.481 e. The second-order valence-corrected chi connectivity index (χ2v) is 5.53. The Morgan fingerprint density at radius 3 is 2.41 bits per heavy atom. The van der Waals surface area contributed by atoms with E-state index in [1.165, 1.54) is 5.56 Å². The number of hydrogen-bond acceptors (Lipinski definition) is 3. The van der Waals surface area contributed by atoms with Crippen LogP contribution < -0.4 is 0 Å². The van der Waals surface area contributed by atoms with Crippen LogP contribution >= 0.6 is 0 Å². The zero-order valence-electron chi connectivity index (χ0n) is 13.3. The van der Waals surface area contributed by atoms with E-state index in [4.69, 9.17) is 9.84 Å². The first-order chi connectivity index (χ1) is 10.6. The lowest BCUT2D eigenvalue weighted by molar-refractivity contribution is -0.150. The molecule has 1 atom stereocenters. The Kier molecular flexibility index (Phi) is 8.96. The first kappa shape index (κ1) is 18.2. The fraction of sp³-hybridized carbons (Fsp3) is 0.556. The molecule has 4 heteroatoms. The molecule has 0 aromatic heterocycles. The van der Waals surface area contributed by atoms with Crippen molar-refractivity contribution in [2.75, 3.05) is 0 Å². The Labute approximate surface area is 132 Å². The molecule has 1 unspecified atom stereocenters. The summed E-state index contributed by atoms with van der Waals surface area (Å²) in [6.45, 7) is 2.08. The zero-order chi connectivity index (χ0) is 16.2. The molecule has 0 spiro atoms. The SMILES string of the molecule is CCCC(CCc1ccccc1)OC(=O)CCCCC(=O)O. The average Bonchev–Trinajstić information content (AvgIpc) is 2.50. The molecule has 1 rings (SSSR count). The molecule has 0 radical (unpaired) electrons. The average molecular weight is 306 g/mol. The summed E-state index contributed by atoms with van der Waals surface area (Å²) in [6.07, 6.45) is 5.04. The van der Waals surface area contributed by atoms with Gasteiger partial charge in [0.25, 0.3) is 0 Å². The lowest BCUT2D eigenvalue weighted by Crippen LogP contribution is -2.19. The second-order valence-electron chi connectivity index (χ2n) is 5.53. The summed E-state index contributed by atoms with van der Waals surface area (Å²) in [5.74, 6) is -1.03. The van der Waals surface area contributed by atoms with Crippen LogP contribution in [0.25, 0.3) is 0 Å². The number of unbranched alkanes of at least 4 members (excludes halogenated alkanes) is 1. The smallest absolute Gasteiger partial charge is 0.306 e. The number of carboxylic acid groups (broad SMARTS) is 1. The Balaban J connectivity index is 2.30. The number of benzene rings is 1. The fourth-order valence-corrected chi connectivity index (χ4v) is 2.35. The number of ether oxygens (including phenoxy) is 1. The molecule has 0 aliphatic heterocycles. The molecule has 0 heterocycles. The van der Waals surface area contributed by atoms with Crippen molar-refractivity contribution in [3.63, 3.8) is 0 Å². The van der Waals surface area contributed by atoms with Crippen molar-refractivity contribution < 1.29 is 19.4 Å². The highest BCUT2D eigenvalue weighted by Crippen LogP contribution is 2.14. The number of rotatable bonds is 11. The van der Waals surface area contributed by atoms with Gasteiger partial charge in [0.15, 0.2) is 0 Å². The van der Waals surface area contributed by atoms with Gasteiger partial charge in [-0.15, -0.1) is 0 Å². The van der Waals surface area contributed by atoms with E-state index in [0.29, 0.717) is 19.3 Å². The highest BCUT2D eigenvalue weighted by atomic mass is 16.5. The number of aryl methyl sites for hydroxylation is 1. The van der Waals surface area contributed by atoms with E-state index in [1.54, 1.807) is 0 Å². The number of aliphatic carboxylic acids is 1. The summed E-state index contributed by atoms with van der Waals surface area (Å²) in [5, 5.41) is 8.56. The molecule has 0 aliphatic rings. The molecule has 0 saturated carbocycles. The van der Waals surface area contributed by atoms with Crippen molar-refractivity contribution in [2.24, 2.45) is 0 Å². The summed E-state index contributed by atoms with van der Waals surface area (Å²) in [7, 11) is 0. The quantitative estimate of drug-likeness (QED) is 0.496. The molecule has 0 amide bonds. The topological polar surface area (TPSA) is 63.6 Å². The summed E-state index contributed by atoms with van der Waals surface area (Å²) < 4.78 is 5.53. The monoisotopic (exact) mass is 306 g/mol. The third-order valence-electron chi connectivity index (χ3n) is 3.53. The van der Waals surface area contributed by atoms with Gasteiger partial charge in [0.05, 0.1) is 0 Å². The lowest BCUT2D eigenvalue weighted by Gasteiger charge is -2.17. The number of carboxylic acids is 1. The van der Waals surface area contributed by atoms with Crippen molar-refractivity contribution >= 4 is 11.9 Å². The van der Waals surface area contributed by atoms with E-state index < -0.39 is 5.97 Å². The number of esters is 1. The Morgan fingerprint density at radius 1 is 1.09 bits per heavy atom. The maximum Gasteiger partial charge on any atom is 0.306 e. The van der Waals surface area contributed by atoms with Crippen LogP contribution in [0.2, 0.25) is 0 Å². The van der Waals surface area contributed by atoms with Gasteiger partial charge < -0.3 is 9.84 Å². The minimum absolute atomic E-state index is 0.0443. The summed E-state index contributed by atoms with van der Waals surface area (Å²) in [4.78, 5) is 22.2. The van der Waals surface area contributed by atoms with Gasteiger partial charge in [0.1, 0.15) is 6.10 Å². The van der Waals surface area contributed by atoms with Crippen molar-refractivity contribution in [1.82, 2.24) is 0 Å². The molecule has 1 aromatic rings. The van der Waals surface area contributed by atoms with Crippen LogP contribution in [0, 0.1) is 0 Å². The van der Waals surface area contributed by atoms with Crippen LogP contribution in [0.1, 0.15) is 57.4 Å². The number of carbonyl (C=O) groups excluding carboxylic acids is 1. The van der Waals surface area contributed by atoms with Crippen LogP contribution in [0.4, 0.5) is 0 Å². The van der Waals surface area contributed by atoms with Crippen LogP contribution in [0.3, 0.4) is 0 Å². The highest BCUT2D eigenvalue weighted by molar-refractivity contribution is 5.70. The molecule has 1 aromatic carbocycles. The number of hydrogen-bond donors (Lipinski definition) is 1. The fourth-order valence-electron chi connectivity index (χ4n) is 2.35. The van der Waals surface area contributed by atoms with Gasteiger partial charge in [-0.05, 0) is 37.7 Å². The van der Waals surface area contributed by atoms with E-state index in [1.807, 2.05) is 18.2 Å². The van der Waals surface area contributed by atoms with Crippen molar-refractivity contribution in [3.05, 3.63) is 35.9 Å². The first-order valence-electron chi connectivity index (χ1n) is 8.07. The summed E-state index contributed by atoms with van der Waals surface area (Å²) >= 11 is 0. The standard InChI is InChI=1S/C18H26O4/c1-2-8-16(14-13-15-9-4-3-5-10-15)22-18(21)12-7-6-11-17(19)20/h3-5,9-10,16H,2,6-8,11-14H2,1H3,(H,19,20). The van der Waals surface area contributed by atoms with E-state index in [-0.39, 0.29) is 18.5 Å². The van der Waals surface area contributed by atoms with Crippen molar-refractivity contribution in [1.29, 1.82) is 0 Å². The summed E-state index contributed by atoms with van der Waals surface area (Å²) in [6, 6.07) is 10.2. The Hall–Kier alpha value is -1.84. The Bertz CT molecular complexity index is 442. The first-order valence-corrected chi connectivity index (χ1v) is 8.07. The predicted molar refractivity (Wildman–Crippen MR) is 85.7 cm³/mol. The number of carbonyl (C=O) groups is 2. The van der Waals surface area contributed by atoms with Gasteiger partial charge in [-0.3, -0.25) is 9.59 Å². The second kappa shape index (κ2) is 10.8. The van der Waals surface area contributed by atoms with E-state index in [0.717, 1.165) is 25.7 Å². The lowest BCUT2D eigenvalue weighted by atomic mass is 10.0. The van der Waals surface area contributed by atoms with Crippen molar-refractivity contribution in [2.45, 2.75) is 64.4 Å². The zero-order valence-corrected chi connectivity index (χ0v) is 13.3. The maximum atomic E-state index is 11.8. The molecule has 0 fully saturated rings.